The van der Waals surface area contributed by atoms with Crippen molar-refractivity contribution in [2.24, 2.45) is 0 Å². The minimum absolute atomic E-state index is 0.0709. The summed E-state index contributed by atoms with van der Waals surface area (Å²) in [6.45, 7) is 8.85. The van der Waals surface area contributed by atoms with Gasteiger partial charge in [-0.1, -0.05) is 6.07 Å². The maximum absolute atomic E-state index is 13.2. The highest BCUT2D eigenvalue weighted by Crippen LogP contribution is 2.37. The Morgan fingerprint density at radius 2 is 1.76 bits per heavy atom. The largest absolute Gasteiger partial charge is 0.392 e. The van der Waals surface area contributed by atoms with Crippen molar-refractivity contribution in [1.82, 2.24) is 9.71 Å². The normalized spacial score (nSPS) is 12.9. The minimum Gasteiger partial charge on any atom is -0.392 e. The molecule has 34 heavy (non-hydrogen) atoms. The van der Waals surface area contributed by atoms with E-state index in [-0.39, 0.29) is 10.8 Å². The zero-order chi connectivity index (χ0) is 25.1. The number of hydrogen-bond acceptors (Lipinski definition) is 7. The number of aliphatic hydroxyl groups excluding tert-OH is 1. The molecule has 0 saturated heterocycles. The maximum atomic E-state index is 13.2. The van der Waals surface area contributed by atoms with E-state index in [1.807, 2.05) is 24.3 Å². The van der Waals surface area contributed by atoms with E-state index in [1.54, 1.807) is 46.0 Å². The van der Waals surface area contributed by atoms with Crippen LogP contribution in [0.4, 0.5) is 11.4 Å². The fraction of sp³-hybridized carbons (Fsp3) is 0.333. The first kappa shape index (κ1) is 25.8. The van der Waals surface area contributed by atoms with Crippen molar-refractivity contribution < 1.29 is 18.3 Å². The van der Waals surface area contributed by atoms with Crippen molar-refractivity contribution in [3.63, 3.8) is 0 Å². The number of carbonyl (C=O) groups is 1. The Hall–Kier alpha value is -2.79. The van der Waals surface area contributed by atoms with Gasteiger partial charge in [0.2, 0.25) is 15.9 Å². The van der Waals surface area contributed by atoms with E-state index in [1.165, 1.54) is 24.3 Å². The van der Waals surface area contributed by atoms with E-state index in [9.17, 15) is 18.3 Å². The maximum Gasteiger partial charge on any atom is 0.241 e. The monoisotopic (exact) mass is 502 g/mol. The Morgan fingerprint density at radius 1 is 1.12 bits per heavy atom. The average Bonchev–Trinajstić information content (AvgIpc) is 3.20. The lowest BCUT2D eigenvalue weighted by Gasteiger charge is -2.22. The van der Waals surface area contributed by atoms with Gasteiger partial charge in [0.1, 0.15) is 5.01 Å². The van der Waals surface area contributed by atoms with Gasteiger partial charge in [-0.15, -0.1) is 11.3 Å². The molecule has 8 nitrogen and oxygen atoms in total. The summed E-state index contributed by atoms with van der Waals surface area (Å²) in [7, 11) is -3.88. The van der Waals surface area contributed by atoms with Crippen molar-refractivity contribution >= 4 is 38.6 Å². The number of thiazole rings is 1. The highest BCUT2D eigenvalue weighted by molar-refractivity contribution is 7.89. The molecule has 0 aliphatic carbocycles. The molecule has 1 heterocycles. The fourth-order valence-electron chi connectivity index (χ4n) is 3.22. The minimum atomic E-state index is -3.88. The Bertz CT molecular complexity index is 1260. The fourth-order valence-corrected chi connectivity index (χ4v) is 5.91. The van der Waals surface area contributed by atoms with Gasteiger partial charge in [0, 0.05) is 47.7 Å². The summed E-state index contributed by atoms with van der Waals surface area (Å²) >= 11 is 1.38. The van der Waals surface area contributed by atoms with Crippen LogP contribution in [0, 0.1) is 0 Å². The predicted octanol–water partition coefficient (Wildman–Crippen LogP) is 4.31. The SMILES string of the molecule is CC(=O)Nc1ccc(-c2cnc(-c3ccc(NCC(C)O)cc3)s2)c(S(=O)(=O)NC(C)(C)C)c1. The number of nitrogens with zero attached hydrogens (tertiary/aromatic N) is 1. The van der Waals surface area contributed by atoms with Crippen LogP contribution < -0.4 is 15.4 Å². The third-order valence-electron chi connectivity index (χ3n) is 4.54. The van der Waals surface area contributed by atoms with Gasteiger partial charge < -0.3 is 15.7 Å². The second-order valence-corrected chi connectivity index (χ2v) is 11.8. The molecule has 1 aromatic heterocycles. The van der Waals surface area contributed by atoms with Crippen molar-refractivity contribution in [2.75, 3.05) is 17.2 Å². The van der Waals surface area contributed by atoms with Gasteiger partial charge >= 0.3 is 0 Å². The molecular weight excluding hydrogens is 472 g/mol. The third-order valence-corrected chi connectivity index (χ3v) is 7.41. The van der Waals surface area contributed by atoms with E-state index < -0.39 is 21.7 Å². The van der Waals surface area contributed by atoms with Crippen LogP contribution in [-0.2, 0) is 14.8 Å². The highest BCUT2D eigenvalue weighted by atomic mass is 32.2. The standard InChI is InChI=1S/C24H30N4O4S2/c1-15(29)13-25-18-8-6-17(7-9-18)23-26-14-21(33-23)20-11-10-19(27-16(2)30)12-22(20)34(31,32)28-24(3,4)5/h6-12,14-15,25,28-29H,13H2,1-5H3,(H,27,30). The number of nitrogens with one attached hydrogen (secondary N) is 3. The molecule has 1 unspecified atom stereocenters. The molecule has 0 saturated carbocycles. The summed E-state index contributed by atoms with van der Waals surface area (Å²) < 4.78 is 29.2. The summed E-state index contributed by atoms with van der Waals surface area (Å²) in [6, 6.07) is 12.5. The number of aromatic nitrogens is 1. The van der Waals surface area contributed by atoms with Crippen molar-refractivity contribution in [2.45, 2.75) is 51.2 Å². The molecule has 0 fully saturated rings. The average molecular weight is 503 g/mol. The molecule has 182 valence electrons. The number of benzene rings is 2. The van der Waals surface area contributed by atoms with Crippen LogP contribution in [0.3, 0.4) is 0 Å². The Kier molecular flexibility index (Phi) is 7.77. The summed E-state index contributed by atoms with van der Waals surface area (Å²) in [6.07, 6.45) is 1.21. The molecule has 0 aliphatic heterocycles. The second kappa shape index (κ2) is 10.2. The first-order chi connectivity index (χ1) is 15.8. The van der Waals surface area contributed by atoms with E-state index >= 15 is 0 Å². The molecule has 2 aromatic carbocycles. The van der Waals surface area contributed by atoms with Gasteiger partial charge in [-0.3, -0.25) is 4.79 Å². The molecular formula is C24H30N4O4S2. The summed E-state index contributed by atoms with van der Waals surface area (Å²) in [5.74, 6) is -0.286. The third kappa shape index (κ3) is 6.86. The topological polar surface area (TPSA) is 120 Å². The van der Waals surface area contributed by atoms with Gasteiger partial charge in [0.15, 0.2) is 0 Å². The van der Waals surface area contributed by atoms with Gasteiger partial charge in [-0.05, 0) is 64.1 Å². The lowest BCUT2D eigenvalue weighted by atomic mass is 10.1. The number of carbonyl (C=O) groups excluding carboxylic acids is 1. The zero-order valence-electron chi connectivity index (χ0n) is 19.8. The molecule has 1 amide bonds. The van der Waals surface area contributed by atoms with E-state index in [4.69, 9.17) is 0 Å². The number of anilines is 2. The molecule has 3 aromatic rings. The number of rotatable bonds is 8. The van der Waals surface area contributed by atoms with Crippen LogP contribution >= 0.6 is 11.3 Å². The highest BCUT2D eigenvalue weighted by Gasteiger charge is 2.26. The molecule has 10 heteroatoms. The molecule has 0 bridgehead atoms. The van der Waals surface area contributed by atoms with Crippen LogP contribution in [0.2, 0.25) is 0 Å². The van der Waals surface area contributed by atoms with Crippen LogP contribution in [0.5, 0.6) is 0 Å². The van der Waals surface area contributed by atoms with E-state index in [0.717, 1.165) is 16.3 Å². The lowest BCUT2D eigenvalue weighted by Crippen LogP contribution is -2.40. The Balaban J connectivity index is 1.98. The number of amides is 1. The molecule has 0 radical (unpaired) electrons. The van der Waals surface area contributed by atoms with Crippen LogP contribution in [0.25, 0.3) is 21.0 Å². The molecule has 4 N–H and O–H groups in total. The van der Waals surface area contributed by atoms with Crippen molar-refractivity contribution in [3.05, 3.63) is 48.7 Å². The molecule has 0 aliphatic rings. The summed E-state index contributed by atoms with van der Waals surface area (Å²) in [5.41, 5.74) is 2.01. The van der Waals surface area contributed by atoms with Gasteiger partial charge in [-0.2, -0.15) is 0 Å². The quantitative estimate of drug-likeness (QED) is 0.364. The molecule has 1 atom stereocenters. The Morgan fingerprint density at radius 3 is 2.35 bits per heavy atom. The smallest absolute Gasteiger partial charge is 0.241 e. The van der Waals surface area contributed by atoms with Crippen LogP contribution in [-0.4, -0.2) is 42.6 Å². The Labute approximate surface area is 204 Å². The second-order valence-electron chi connectivity index (χ2n) is 9.08. The summed E-state index contributed by atoms with van der Waals surface area (Å²) in [4.78, 5) is 16.8. The van der Waals surface area contributed by atoms with Gasteiger partial charge in [0.25, 0.3) is 0 Å². The summed E-state index contributed by atoms with van der Waals surface area (Å²) in [5, 5.41) is 16.0. The molecule has 3 rings (SSSR count). The zero-order valence-corrected chi connectivity index (χ0v) is 21.5. The predicted molar refractivity (Wildman–Crippen MR) is 138 cm³/mol. The number of aliphatic hydroxyl groups is 1. The van der Waals surface area contributed by atoms with E-state index in [0.29, 0.717) is 22.7 Å². The van der Waals surface area contributed by atoms with E-state index in [2.05, 4.69) is 20.3 Å². The molecule has 0 spiro atoms. The lowest BCUT2D eigenvalue weighted by molar-refractivity contribution is -0.114. The van der Waals surface area contributed by atoms with Crippen LogP contribution in [0.15, 0.2) is 53.6 Å². The van der Waals surface area contributed by atoms with Crippen molar-refractivity contribution in [1.29, 1.82) is 0 Å². The number of hydrogen-bond donors (Lipinski definition) is 4. The van der Waals surface area contributed by atoms with Gasteiger partial charge in [0.05, 0.1) is 15.9 Å². The van der Waals surface area contributed by atoms with Crippen LogP contribution in [0.1, 0.15) is 34.6 Å². The number of sulfonamides is 1. The van der Waals surface area contributed by atoms with Crippen molar-refractivity contribution in [3.8, 4) is 21.0 Å². The first-order valence-corrected chi connectivity index (χ1v) is 13.1. The first-order valence-electron chi connectivity index (χ1n) is 10.8. The van der Waals surface area contributed by atoms with Gasteiger partial charge in [-0.25, -0.2) is 18.1 Å².